The Morgan fingerprint density at radius 1 is 1.12 bits per heavy atom. The van der Waals surface area contributed by atoms with Gasteiger partial charge in [0.25, 0.3) is 5.91 Å². The summed E-state index contributed by atoms with van der Waals surface area (Å²) in [5, 5.41) is 0. The highest BCUT2D eigenvalue weighted by Gasteiger charge is 2.25. The number of amides is 2. The van der Waals surface area contributed by atoms with E-state index in [0.717, 1.165) is 44.7 Å². The Morgan fingerprint density at radius 3 is 2.46 bits per heavy atom. The number of hydrogen-bond donors (Lipinski definition) is 0. The second-order valence-electron chi connectivity index (χ2n) is 7.05. The van der Waals surface area contributed by atoms with Crippen LogP contribution in [0.25, 0.3) is 0 Å². The number of hydrogen-bond acceptors (Lipinski definition) is 5. The van der Waals surface area contributed by atoms with E-state index in [0.29, 0.717) is 31.3 Å². The van der Waals surface area contributed by atoms with Crippen molar-refractivity contribution in [2.45, 2.75) is 26.7 Å². The molecule has 0 bridgehead atoms. The predicted octanol–water partition coefficient (Wildman–Crippen LogP) is 2.23. The Labute approximate surface area is 154 Å². The van der Waals surface area contributed by atoms with Crippen LogP contribution in [0.2, 0.25) is 0 Å². The van der Waals surface area contributed by atoms with E-state index in [4.69, 9.17) is 4.74 Å². The van der Waals surface area contributed by atoms with Gasteiger partial charge in [-0.25, -0.2) is 4.79 Å². The molecule has 26 heavy (non-hydrogen) atoms. The summed E-state index contributed by atoms with van der Waals surface area (Å²) in [6.45, 7) is 8.74. The molecule has 142 valence electrons. The molecule has 3 rings (SSSR count). The van der Waals surface area contributed by atoms with Gasteiger partial charge in [0, 0.05) is 51.2 Å². The van der Waals surface area contributed by atoms with Gasteiger partial charge in [0.05, 0.1) is 6.61 Å². The fraction of sp³-hybridized carbons (Fsp3) is 0.632. The van der Waals surface area contributed by atoms with Gasteiger partial charge in [-0.05, 0) is 37.8 Å². The number of piperazine rings is 1. The van der Waals surface area contributed by atoms with Crippen molar-refractivity contribution in [3.05, 3.63) is 24.0 Å². The number of piperidine rings is 1. The summed E-state index contributed by atoms with van der Waals surface area (Å²) < 4.78 is 5.06. The van der Waals surface area contributed by atoms with Gasteiger partial charge in [-0.3, -0.25) is 9.78 Å². The van der Waals surface area contributed by atoms with Crippen LogP contribution < -0.4 is 4.90 Å². The molecule has 2 aliphatic heterocycles. The molecule has 1 aromatic heterocycles. The number of carbonyl (C=O) groups excluding carboxylic acids is 2. The van der Waals surface area contributed by atoms with E-state index in [2.05, 4.69) is 16.8 Å². The summed E-state index contributed by atoms with van der Waals surface area (Å²) in [5.41, 5.74) is 1.49. The first-order chi connectivity index (χ1) is 12.6. The number of anilines is 1. The van der Waals surface area contributed by atoms with E-state index in [1.54, 1.807) is 11.1 Å². The lowest BCUT2D eigenvalue weighted by molar-refractivity contribution is 0.0691. The Kier molecular flexibility index (Phi) is 5.96. The Hall–Kier alpha value is -2.31. The fourth-order valence-corrected chi connectivity index (χ4v) is 3.47. The highest BCUT2D eigenvalue weighted by molar-refractivity contribution is 5.93. The third kappa shape index (κ3) is 4.26. The van der Waals surface area contributed by atoms with Crippen LogP contribution in [0.5, 0.6) is 0 Å². The van der Waals surface area contributed by atoms with E-state index in [1.165, 1.54) is 0 Å². The lowest BCUT2D eigenvalue weighted by atomic mass is 9.99. The van der Waals surface area contributed by atoms with E-state index >= 15 is 0 Å². The molecule has 1 aromatic rings. The molecular formula is C19H28N4O3. The molecule has 0 unspecified atom stereocenters. The molecule has 7 nitrogen and oxygen atoms in total. The van der Waals surface area contributed by atoms with Gasteiger partial charge < -0.3 is 19.4 Å². The minimum Gasteiger partial charge on any atom is -0.450 e. The minimum atomic E-state index is -0.253. The number of rotatable bonds is 3. The van der Waals surface area contributed by atoms with Gasteiger partial charge in [-0.15, -0.1) is 0 Å². The van der Waals surface area contributed by atoms with Crippen LogP contribution in [0.4, 0.5) is 10.5 Å². The predicted molar refractivity (Wildman–Crippen MR) is 99.3 cm³/mol. The van der Waals surface area contributed by atoms with Gasteiger partial charge in [0.15, 0.2) is 0 Å². The van der Waals surface area contributed by atoms with Crippen molar-refractivity contribution in [3.8, 4) is 0 Å². The van der Waals surface area contributed by atoms with Crippen LogP contribution in [0.1, 0.15) is 37.2 Å². The quantitative estimate of drug-likeness (QED) is 0.827. The SMILES string of the molecule is CCOC(=O)N1CCN(c2ccnc(C(=O)N3CCC(C)CC3)c2)CC1. The Balaban J connectivity index is 1.61. The first-order valence-electron chi connectivity index (χ1n) is 9.50. The van der Waals surface area contributed by atoms with Gasteiger partial charge in [-0.2, -0.15) is 0 Å². The molecule has 2 amide bonds. The molecule has 3 heterocycles. The summed E-state index contributed by atoms with van der Waals surface area (Å²) in [7, 11) is 0. The molecule has 0 aliphatic carbocycles. The van der Waals surface area contributed by atoms with Crippen molar-refractivity contribution in [1.82, 2.24) is 14.8 Å². The number of likely N-dealkylation sites (tertiary alicyclic amines) is 1. The third-order valence-electron chi connectivity index (χ3n) is 5.20. The van der Waals surface area contributed by atoms with Crippen LogP contribution in [-0.4, -0.2) is 72.7 Å². The summed E-state index contributed by atoms with van der Waals surface area (Å²) in [5.74, 6) is 0.706. The van der Waals surface area contributed by atoms with E-state index < -0.39 is 0 Å². The number of pyridine rings is 1. The third-order valence-corrected chi connectivity index (χ3v) is 5.20. The maximum Gasteiger partial charge on any atom is 0.409 e. The van der Waals surface area contributed by atoms with Crippen molar-refractivity contribution in [3.63, 3.8) is 0 Å². The van der Waals surface area contributed by atoms with Crippen molar-refractivity contribution >= 4 is 17.7 Å². The molecule has 0 spiro atoms. The molecule has 2 saturated heterocycles. The highest BCUT2D eigenvalue weighted by Crippen LogP contribution is 2.21. The molecule has 7 heteroatoms. The summed E-state index contributed by atoms with van der Waals surface area (Å²) in [6.07, 6.45) is 3.56. The summed E-state index contributed by atoms with van der Waals surface area (Å²) >= 11 is 0. The molecule has 0 saturated carbocycles. The smallest absolute Gasteiger partial charge is 0.409 e. The maximum atomic E-state index is 12.7. The zero-order valence-corrected chi connectivity index (χ0v) is 15.7. The van der Waals surface area contributed by atoms with Gasteiger partial charge >= 0.3 is 6.09 Å². The zero-order chi connectivity index (χ0) is 18.5. The lowest BCUT2D eigenvalue weighted by Crippen LogP contribution is -2.49. The van der Waals surface area contributed by atoms with Gasteiger partial charge in [0.2, 0.25) is 0 Å². The van der Waals surface area contributed by atoms with E-state index in [-0.39, 0.29) is 12.0 Å². The average Bonchev–Trinajstić information content (AvgIpc) is 2.68. The Morgan fingerprint density at radius 2 is 1.81 bits per heavy atom. The fourth-order valence-electron chi connectivity index (χ4n) is 3.47. The molecule has 0 atom stereocenters. The Bertz CT molecular complexity index is 635. The zero-order valence-electron chi connectivity index (χ0n) is 15.7. The van der Waals surface area contributed by atoms with Crippen LogP contribution in [-0.2, 0) is 4.74 Å². The van der Waals surface area contributed by atoms with Crippen LogP contribution in [0.3, 0.4) is 0 Å². The average molecular weight is 360 g/mol. The summed E-state index contributed by atoms with van der Waals surface area (Å²) in [6, 6.07) is 3.80. The number of carbonyl (C=O) groups is 2. The molecule has 0 radical (unpaired) electrons. The first-order valence-corrected chi connectivity index (χ1v) is 9.50. The monoisotopic (exact) mass is 360 g/mol. The molecule has 2 aliphatic rings. The van der Waals surface area contributed by atoms with Gasteiger partial charge in [-0.1, -0.05) is 6.92 Å². The maximum absolute atomic E-state index is 12.7. The summed E-state index contributed by atoms with van der Waals surface area (Å²) in [4.78, 5) is 34.7. The number of aromatic nitrogens is 1. The molecule has 0 N–H and O–H groups in total. The second kappa shape index (κ2) is 8.38. The standard InChI is InChI=1S/C19H28N4O3/c1-3-26-19(25)23-12-10-21(11-13-23)16-4-7-20-17(14-16)18(24)22-8-5-15(2)6-9-22/h4,7,14-15H,3,5-6,8-13H2,1-2H3. The van der Waals surface area contributed by atoms with Crippen LogP contribution in [0, 0.1) is 5.92 Å². The van der Waals surface area contributed by atoms with Crippen molar-refractivity contribution in [2.75, 3.05) is 50.8 Å². The largest absolute Gasteiger partial charge is 0.450 e. The normalized spacial score (nSPS) is 18.8. The second-order valence-corrected chi connectivity index (χ2v) is 7.05. The van der Waals surface area contributed by atoms with Crippen molar-refractivity contribution < 1.29 is 14.3 Å². The molecule has 0 aromatic carbocycles. The lowest BCUT2D eigenvalue weighted by Gasteiger charge is -2.35. The minimum absolute atomic E-state index is 0.0175. The number of nitrogens with zero attached hydrogens (tertiary/aromatic N) is 4. The molecular weight excluding hydrogens is 332 g/mol. The number of ether oxygens (including phenoxy) is 1. The first kappa shape index (κ1) is 18.5. The highest BCUT2D eigenvalue weighted by atomic mass is 16.6. The molecule has 2 fully saturated rings. The van der Waals surface area contributed by atoms with Crippen molar-refractivity contribution in [1.29, 1.82) is 0 Å². The van der Waals surface area contributed by atoms with E-state index in [9.17, 15) is 9.59 Å². The van der Waals surface area contributed by atoms with Gasteiger partial charge in [0.1, 0.15) is 5.69 Å². The van der Waals surface area contributed by atoms with Crippen LogP contribution in [0.15, 0.2) is 18.3 Å². The topological polar surface area (TPSA) is 66.0 Å². The van der Waals surface area contributed by atoms with Crippen molar-refractivity contribution in [2.24, 2.45) is 5.92 Å². The van der Waals surface area contributed by atoms with Crippen LogP contribution >= 0.6 is 0 Å². The van der Waals surface area contributed by atoms with E-state index in [1.807, 2.05) is 24.0 Å².